The highest BCUT2D eigenvalue weighted by Gasteiger charge is 2.19. The second kappa shape index (κ2) is 5.30. The molecule has 0 bridgehead atoms. The monoisotopic (exact) mass is 225 g/mol. The van der Waals surface area contributed by atoms with Crippen LogP contribution in [0.15, 0.2) is 18.2 Å². The van der Waals surface area contributed by atoms with Gasteiger partial charge < -0.3 is 5.11 Å². The Kier molecular flexibility index (Phi) is 4.30. The zero-order valence-corrected chi connectivity index (χ0v) is 10.4. The van der Waals surface area contributed by atoms with Gasteiger partial charge in [-0.3, -0.25) is 4.90 Å². The standard InChI is InChI=1S/C13H20FNO/c1-5-15(9(2)3)10(4)12-7-6-11(16)8-13(12)14/h6-10,16H,5H2,1-4H3. The van der Waals surface area contributed by atoms with E-state index < -0.39 is 0 Å². The summed E-state index contributed by atoms with van der Waals surface area (Å²) in [6, 6.07) is 4.74. The van der Waals surface area contributed by atoms with E-state index in [-0.39, 0.29) is 17.6 Å². The molecule has 1 aromatic carbocycles. The number of phenolic OH excluding ortho intramolecular Hbond substituents is 1. The molecule has 0 radical (unpaired) electrons. The van der Waals surface area contributed by atoms with E-state index in [4.69, 9.17) is 0 Å². The number of rotatable bonds is 4. The van der Waals surface area contributed by atoms with E-state index in [0.717, 1.165) is 6.54 Å². The van der Waals surface area contributed by atoms with Crippen molar-refractivity contribution in [3.05, 3.63) is 29.6 Å². The first kappa shape index (κ1) is 13.0. The Morgan fingerprint density at radius 2 is 1.94 bits per heavy atom. The predicted octanol–water partition coefficient (Wildman–Crippen LogP) is 3.32. The third kappa shape index (κ3) is 2.73. The molecule has 2 nitrogen and oxygen atoms in total. The van der Waals surface area contributed by atoms with Gasteiger partial charge in [-0.1, -0.05) is 13.0 Å². The van der Waals surface area contributed by atoms with Crippen LogP contribution in [-0.2, 0) is 0 Å². The van der Waals surface area contributed by atoms with Crippen LogP contribution in [0.1, 0.15) is 39.3 Å². The number of aromatic hydroxyl groups is 1. The Bertz CT molecular complexity index is 352. The van der Waals surface area contributed by atoms with Crippen LogP contribution >= 0.6 is 0 Å². The normalized spacial score (nSPS) is 13.4. The van der Waals surface area contributed by atoms with E-state index in [9.17, 15) is 9.50 Å². The third-order valence-corrected chi connectivity index (χ3v) is 2.96. The maximum absolute atomic E-state index is 13.7. The van der Waals surface area contributed by atoms with Crippen LogP contribution in [0.3, 0.4) is 0 Å². The van der Waals surface area contributed by atoms with Gasteiger partial charge in [0.15, 0.2) is 0 Å². The molecule has 0 spiro atoms. The zero-order valence-electron chi connectivity index (χ0n) is 10.4. The maximum Gasteiger partial charge on any atom is 0.131 e. The summed E-state index contributed by atoms with van der Waals surface area (Å²) >= 11 is 0. The van der Waals surface area contributed by atoms with Gasteiger partial charge >= 0.3 is 0 Å². The number of halogens is 1. The smallest absolute Gasteiger partial charge is 0.131 e. The molecule has 0 saturated carbocycles. The first-order chi connectivity index (χ1) is 7.47. The summed E-state index contributed by atoms with van der Waals surface area (Å²) in [6.07, 6.45) is 0. The number of nitrogens with zero attached hydrogens (tertiary/aromatic N) is 1. The van der Waals surface area contributed by atoms with Gasteiger partial charge in [-0.25, -0.2) is 4.39 Å². The zero-order chi connectivity index (χ0) is 12.3. The van der Waals surface area contributed by atoms with Crippen molar-refractivity contribution in [2.24, 2.45) is 0 Å². The molecule has 3 heteroatoms. The van der Waals surface area contributed by atoms with Crippen LogP contribution in [0.4, 0.5) is 4.39 Å². The van der Waals surface area contributed by atoms with E-state index >= 15 is 0 Å². The van der Waals surface area contributed by atoms with E-state index in [1.54, 1.807) is 6.07 Å². The summed E-state index contributed by atoms with van der Waals surface area (Å²) in [5.74, 6) is -0.368. The van der Waals surface area contributed by atoms with Gasteiger partial charge in [0.25, 0.3) is 0 Å². The van der Waals surface area contributed by atoms with Crippen LogP contribution < -0.4 is 0 Å². The molecule has 1 rings (SSSR count). The van der Waals surface area contributed by atoms with E-state index in [0.29, 0.717) is 11.6 Å². The summed E-state index contributed by atoms with van der Waals surface area (Å²) in [7, 11) is 0. The first-order valence-electron chi connectivity index (χ1n) is 5.71. The molecule has 16 heavy (non-hydrogen) atoms. The van der Waals surface area contributed by atoms with Gasteiger partial charge in [-0.2, -0.15) is 0 Å². The molecule has 0 heterocycles. The number of hydrogen-bond acceptors (Lipinski definition) is 2. The Balaban J connectivity index is 2.99. The van der Waals surface area contributed by atoms with E-state index in [2.05, 4.69) is 25.7 Å². The fraction of sp³-hybridized carbons (Fsp3) is 0.538. The molecule has 1 atom stereocenters. The Hall–Kier alpha value is -1.09. The second-order valence-corrected chi connectivity index (χ2v) is 4.31. The predicted molar refractivity (Wildman–Crippen MR) is 64.0 cm³/mol. The van der Waals surface area contributed by atoms with Crippen molar-refractivity contribution in [2.75, 3.05) is 6.54 Å². The van der Waals surface area contributed by atoms with Crippen LogP contribution in [0.5, 0.6) is 5.75 Å². The summed E-state index contributed by atoms with van der Waals surface area (Å²) in [4.78, 5) is 2.20. The molecule has 90 valence electrons. The highest BCUT2D eigenvalue weighted by molar-refractivity contribution is 5.29. The maximum atomic E-state index is 13.7. The summed E-state index contributed by atoms with van der Waals surface area (Å²) in [6.45, 7) is 9.11. The number of phenols is 1. The van der Waals surface area contributed by atoms with Crippen molar-refractivity contribution >= 4 is 0 Å². The summed E-state index contributed by atoms with van der Waals surface area (Å²) in [5, 5.41) is 9.17. The van der Waals surface area contributed by atoms with Gasteiger partial charge in [0.05, 0.1) is 0 Å². The van der Waals surface area contributed by atoms with Crippen LogP contribution in [-0.4, -0.2) is 22.6 Å². The lowest BCUT2D eigenvalue weighted by molar-refractivity contribution is 0.171. The van der Waals surface area contributed by atoms with Crippen molar-refractivity contribution < 1.29 is 9.50 Å². The lowest BCUT2D eigenvalue weighted by Crippen LogP contribution is -2.33. The first-order valence-corrected chi connectivity index (χ1v) is 5.71. The molecule has 0 fully saturated rings. The topological polar surface area (TPSA) is 23.5 Å². The second-order valence-electron chi connectivity index (χ2n) is 4.31. The minimum absolute atomic E-state index is 0.0191. The lowest BCUT2D eigenvalue weighted by atomic mass is 10.0. The summed E-state index contributed by atoms with van der Waals surface area (Å²) in [5.41, 5.74) is 0.633. The highest BCUT2D eigenvalue weighted by Crippen LogP contribution is 2.26. The molecule has 0 aliphatic heterocycles. The third-order valence-electron chi connectivity index (χ3n) is 2.96. The highest BCUT2D eigenvalue weighted by atomic mass is 19.1. The Morgan fingerprint density at radius 1 is 1.31 bits per heavy atom. The molecule has 0 amide bonds. The largest absolute Gasteiger partial charge is 0.508 e. The quantitative estimate of drug-likeness (QED) is 0.849. The van der Waals surface area contributed by atoms with Crippen LogP contribution in [0.2, 0.25) is 0 Å². The molecular formula is C13H20FNO. The molecule has 1 unspecified atom stereocenters. The minimum atomic E-state index is -0.341. The van der Waals surface area contributed by atoms with Crippen molar-refractivity contribution in [1.82, 2.24) is 4.90 Å². The number of benzene rings is 1. The molecule has 0 aromatic heterocycles. The van der Waals surface area contributed by atoms with Crippen molar-refractivity contribution in [3.63, 3.8) is 0 Å². The van der Waals surface area contributed by atoms with Gasteiger partial charge in [0.2, 0.25) is 0 Å². The van der Waals surface area contributed by atoms with Gasteiger partial charge in [0, 0.05) is 23.7 Å². The molecular weight excluding hydrogens is 205 g/mol. The van der Waals surface area contributed by atoms with Crippen molar-refractivity contribution in [1.29, 1.82) is 0 Å². The average Bonchev–Trinajstić information content (AvgIpc) is 2.17. The van der Waals surface area contributed by atoms with Crippen LogP contribution in [0, 0.1) is 5.82 Å². The molecule has 0 aliphatic carbocycles. The van der Waals surface area contributed by atoms with E-state index in [1.165, 1.54) is 12.1 Å². The fourth-order valence-electron chi connectivity index (χ4n) is 2.12. The van der Waals surface area contributed by atoms with E-state index in [1.807, 2.05) is 6.92 Å². The average molecular weight is 225 g/mol. The molecule has 1 aromatic rings. The molecule has 1 N–H and O–H groups in total. The lowest BCUT2D eigenvalue weighted by Gasteiger charge is -2.32. The Morgan fingerprint density at radius 3 is 2.38 bits per heavy atom. The molecule has 0 aliphatic rings. The Labute approximate surface area is 96.7 Å². The SMILES string of the molecule is CCN(C(C)C)C(C)c1ccc(O)cc1F. The van der Waals surface area contributed by atoms with Crippen LogP contribution in [0.25, 0.3) is 0 Å². The van der Waals surface area contributed by atoms with Gasteiger partial charge in [-0.15, -0.1) is 0 Å². The number of hydrogen-bond donors (Lipinski definition) is 1. The van der Waals surface area contributed by atoms with Crippen molar-refractivity contribution in [2.45, 2.75) is 39.8 Å². The molecule has 0 saturated heterocycles. The van der Waals surface area contributed by atoms with Gasteiger partial charge in [0.1, 0.15) is 11.6 Å². The summed E-state index contributed by atoms with van der Waals surface area (Å²) < 4.78 is 13.7. The fourth-order valence-corrected chi connectivity index (χ4v) is 2.12. The van der Waals surface area contributed by atoms with Gasteiger partial charge in [-0.05, 0) is 33.4 Å². The van der Waals surface area contributed by atoms with Crippen molar-refractivity contribution in [3.8, 4) is 5.75 Å². The minimum Gasteiger partial charge on any atom is -0.508 e.